The molecule has 0 unspecified atom stereocenters. The Bertz CT molecular complexity index is 1000. The maximum absolute atomic E-state index is 13.1. The fraction of sp³-hybridized carbons (Fsp3) is 0.318. The lowest BCUT2D eigenvalue weighted by Crippen LogP contribution is -2.34. The van der Waals surface area contributed by atoms with Crippen LogP contribution in [0, 0.1) is 6.92 Å². The fourth-order valence-corrected chi connectivity index (χ4v) is 4.00. The first kappa shape index (κ1) is 19.9. The van der Waals surface area contributed by atoms with Crippen molar-refractivity contribution >= 4 is 27.8 Å². The number of fused-ring (bicyclic) bond motifs is 2. The first-order chi connectivity index (χ1) is 14.0. The Morgan fingerprint density at radius 2 is 2.07 bits per heavy atom. The van der Waals surface area contributed by atoms with Crippen molar-refractivity contribution < 1.29 is 23.7 Å². The molecule has 2 aromatic rings. The van der Waals surface area contributed by atoms with Crippen LogP contribution in [-0.2, 0) is 11.3 Å². The minimum atomic E-state index is -0.137. The molecule has 0 N–H and O–H groups in total. The zero-order valence-electron chi connectivity index (χ0n) is 16.6. The third-order valence-electron chi connectivity index (χ3n) is 5.09. The van der Waals surface area contributed by atoms with E-state index in [1.165, 1.54) is 0 Å². The number of rotatable bonds is 5. The molecule has 0 fully saturated rings. The number of Topliss-reactive ketones (excluding diaryl/α,β-unsaturated/α-hetero) is 1. The van der Waals surface area contributed by atoms with Crippen LogP contribution < -0.4 is 14.2 Å². The monoisotopic (exact) mass is 459 g/mol. The standard InChI is InChI=1S/C22H22BrNO5/c1-13-21-15(11-24(12-28-21)6-7-26-2)9-17-20(25)19(29-22(13)17)10-14-8-16(23)4-5-18(14)27-3/h4-5,8-10H,6-7,11-12H2,1-3H3/b19-10-. The van der Waals surface area contributed by atoms with E-state index in [9.17, 15) is 4.79 Å². The van der Waals surface area contributed by atoms with Gasteiger partial charge >= 0.3 is 0 Å². The maximum Gasteiger partial charge on any atom is 0.231 e. The summed E-state index contributed by atoms with van der Waals surface area (Å²) >= 11 is 3.46. The molecule has 0 spiro atoms. The topological polar surface area (TPSA) is 57.2 Å². The largest absolute Gasteiger partial charge is 0.496 e. The summed E-state index contributed by atoms with van der Waals surface area (Å²) in [6.07, 6.45) is 1.72. The molecule has 29 heavy (non-hydrogen) atoms. The van der Waals surface area contributed by atoms with Gasteiger partial charge in [-0.1, -0.05) is 15.9 Å². The summed E-state index contributed by atoms with van der Waals surface area (Å²) in [5.74, 6) is 2.17. The molecule has 2 aliphatic heterocycles. The number of carbonyl (C=O) groups excluding carboxylic acids is 1. The molecular formula is C22H22BrNO5. The van der Waals surface area contributed by atoms with E-state index in [1.54, 1.807) is 20.3 Å². The van der Waals surface area contributed by atoms with Crippen LogP contribution in [0.3, 0.4) is 0 Å². The van der Waals surface area contributed by atoms with Crippen LogP contribution in [0.1, 0.15) is 27.0 Å². The number of carbonyl (C=O) groups is 1. The Morgan fingerprint density at radius 3 is 2.83 bits per heavy atom. The lowest BCUT2D eigenvalue weighted by atomic mass is 10.00. The number of ether oxygens (including phenoxy) is 4. The lowest BCUT2D eigenvalue weighted by molar-refractivity contribution is 0.0649. The Kier molecular flexibility index (Phi) is 5.63. The zero-order chi connectivity index (χ0) is 20.5. The zero-order valence-corrected chi connectivity index (χ0v) is 18.2. The van der Waals surface area contributed by atoms with Crippen LogP contribution in [0.5, 0.6) is 17.2 Å². The van der Waals surface area contributed by atoms with Crippen molar-refractivity contribution in [3.05, 3.63) is 56.8 Å². The molecule has 4 rings (SSSR count). The van der Waals surface area contributed by atoms with Crippen molar-refractivity contribution in [1.29, 1.82) is 0 Å². The average Bonchev–Trinajstić information content (AvgIpc) is 3.02. The summed E-state index contributed by atoms with van der Waals surface area (Å²) in [4.78, 5) is 15.2. The Hall–Kier alpha value is -2.35. The van der Waals surface area contributed by atoms with Gasteiger partial charge in [0.05, 0.1) is 19.3 Å². The molecule has 2 aromatic carbocycles. The van der Waals surface area contributed by atoms with E-state index < -0.39 is 0 Å². The summed E-state index contributed by atoms with van der Waals surface area (Å²) in [7, 11) is 3.28. The van der Waals surface area contributed by atoms with E-state index in [0.29, 0.717) is 36.9 Å². The van der Waals surface area contributed by atoms with Crippen molar-refractivity contribution in [3.8, 4) is 17.2 Å². The molecule has 6 nitrogen and oxygen atoms in total. The molecule has 7 heteroatoms. The number of hydrogen-bond acceptors (Lipinski definition) is 6. The molecule has 0 aromatic heterocycles. The normalized spacial score (nSPS) is 17.0. The van der Waals surface area contributed by atoms with Gasteiger partial charge in [-0.2, -0.15) is 0 Å². The van der Waals surface area contributed by atoms with Crippen molar-refractivity contribution in [1.82, 2.24) is 4.90 Å². The quantitative estimate of drug-likeness (QED) is 0.625. The van der Waals surface area contributed by atoms with E-state index in [1.807, 2.05) is 31.2 Å². The predicted molar refractivity (Wildman–Crippen MR) is 113 cm³/mol. The van der Waals surface area contributed by atoms with E-state index >= 15 is 0 Å². The number of benzene rings is 2. The van der Waals surface area contributed by atoms with Crippen molar-refractivity contribution in [2.45, 2.75) is 13.5 Å². The molecule has 2 heterocycles. The van der Waals surface area contributed by atoms with Gasteiger partial charge in [-0.05, 0) is 37.3 Å². The highest BCUT2D eigenvalue weighted by molar-refractivity contribution is 9.10. The SMILES string of the molecule is COCCN1COc2c(cc3c(c2C)O/C(=C\c2cc(Br)ccc2OC)C3=O)C1. The minimum Gasteiger partial charge on any atom is -0.496 e. The molecule has 0 amide bonds. The van der Waals surface area contributed by atoms with E-state index in [2.05, 4.69) is 20.8 Å². The lowest BCUT2D eigenvalue weighted by Gasteiger charge is -2.30. The molecule has 2 aliphatic rings. The van der Waals surface area contributed by atoms with Crippen LogP contribution >= 0.6 is 15.9 Å². The van der Waals surface area contributed by atoms with Gasteiger partial charge in [-0.3, -0.25) is 9.69 Å². The van der Waals surface area contributed by atoms with Crippen LogP contribution in [0.2, 0.25) is 0 Å². The van der Waals surface area contributed by atoms with Gasteiger partial charge in [-0.15, -0.1) is 0 Å². The van der Waals surface area contributed by atoms with Crippen LogP contribution in [0.4, 0.5) is 0 Å². The molecule has 152 valence electrons. The number of ketones is 1. The highest BCUT2D eigenvalue weighted by atomic mass is 79.9. The van der Waals surface area contributed by atoms with Crippen molar-refractivity contribution in [2.24, 2.45) is 0 Å². The van der Waals surface area contributed by atoms with E-state index in [-0.39, 0.29) is 11.5 Å². The number of methoxy groups -OCH3 is 2. The second kappa shape index (κ2) is 8.18. The predicted octanol–water partition coefficient (Wildman–Crippen LogP) is 4.18. The van der Waals surface area contributed by atoms with Crippen molar-refractivity contribution in [2.75, 3.05) is 34.1 Å². The molecule has 0 radical (unpaired) electrons. The number of nitrogens with zero attached hydrogens (tertiary/aromatic N) is 1. The molecule has 0 saturated heterocycles. The van der Waals surface area contributed by atoms with Gasteiger partial charge in [0.2, 0.25) is 5.78 Å². The van der Waals surface area contributed by atoms with E-state index in [0.717, 1.165) is 33.5 Å². The third kappa shape index (κ3) is 3.77. The van der Waals surface area contributed by atoms with Gasteiger partial charge in [0.1, 0.15) is 24.0 Å². The Labute approximate surface area is 178 Å². The first-order valence-electron chi connectivity index (χ1n) is 9.30. The van der Waals surface area contributed by atoms with Crippen LogP contribution in [-0.4, -0.2) is 44.8 Å². The van der Waals surface area contributed by atoms with Gasteiger partial charge in [0, 0.05) is 41.4 Å². The Balaban J connectivity index is 1.68. The number of halogens is 1. The average molecular weight is 460 g/mol. The molecular weight excluding hydrogens is 438 g/mol. The summed E-state index contributed by atoms with van der Waals surface area (Å²) in [5.41, 5.74) is 3.17. The molecule has 0 bridgehead atoms. The number of hydrogen-bond donors (Lipinski definition) is 0. The molecule has 0 saturated carbocycles. The van der Waals surface area contributed by atoms with Gasteiger partial charge < -0.3 is 18.9 Å². The summed E-state index contributed by atoms with van der Waals surface area (Å²) < 4.78 is 23.4. The van der Waals surface area contributed by atoms with Crippen LogP contribution in [0.15, 0.2) is 34.5 Å². The summed E-state index contributed by atoms with van der Waals surface area (Å²) in [5, 5.41) is 0. The van der Waals surface area contributed by atoms with Gasteiger partial charge in [0.25, 0.3) is 0 Å². The summed E-state index contributed by atoms with van der Waals surface area (Å²) in [6, 6.07) is 7.51. The second-order valence-corrected chi connectivity index (χ2v) is 7.93. The summed E-state index contributed by atoms with van der Waals surface area (Å²) in [6.45, 7) is 4.52. The fourth-order valence-electron chi connectivity index (χ4n) is 3.62. The highest BCUT2D eigenvalue weighted by Crippen LogP contribution is 2.43. The van der Waals surface area contributed by atoms with Gasteiger partial charge in [0.15, 0.2) is 5.76 Å². The molecule has 0 atom stereocenters. The minimum absolute atomic E-state index is 0.137. The number of allylic oxidation sites excluding steroid dienone is 1. The second-order valence-electron chi connectivity index (χ2n) is 7.01. The first-order valence-corrected chi connectivity index (χ1v) is 10.1. The maximum atomic E-state index is 13.1. The highest BCUT2D eigenvalue weighted by Gasteiger charge is 2.33. The molecule has 0 aliphatic carbocycles. The van der Waals surface area contributed by atoms with E-state index in [4.69, 9.17) is 18.9 Å². The van der Waals surface area contributed by atoms with Crippen molar-refractivity contribution in [3.63, 3.8) is 0 Å². The smallest absolute Gasteiger partial charge is 0.231 e. The van der Waals surface area contributed by atoms with Crippen LogP contribution in [0.25, 0.3) is 6.08 Å². The van der Waals surface area contributed by atoms with Gasteiger partial charge in [-0.25, -0.2) is 0 Å². The Morgan fingerprint density at radius 1 is 1.24 bits per heavy atom. The third-order valence-corrected chi connectivity index (χ3v) is 5.59.